The number of aryl methyl sites for hydroxylation is 1. The molecule has 0 fully saturated rings. The molecule has 3 rings (SSSR count). The first-order chi connectivity index (χ1) is 8.88. The maximum atomic E-state index is 4.15. The van der Waals surface area contributed by atoms with E-state index in [2.05, 4.69) is 60.1 Å². The molecule has 2 nitrogen and oxygen atoms in total. The number of benzene rings is 1. The molecule has 0 bridgehead atoms. The van der Waals surface area contributed by atoms with Crippen LogP contribution in [-0.2, 0) is 7.05 Å². The van der Waals surface area contributed by atoms with E-state index in [0.717, 1.165) is 0 Å². The molecule has 3 aromatic rings. The third kappa shape index (κ3) is 2.28. The highest BCUT2D eigenvalue weighted by Gasteiger charge is 2.05. The molecule has 2 heteroatoms. The van der Waals surface area contributed by atoms with Crippen molar-refractivity contribution in [3.63, 3.8) is 0 Å². The molecule has 2 aromatic heterocycles. The summed E-state index contributed by atoms with van der Waals surface area (Å²) in [5, 5.41) is 2.57. The zero-order valence-electron chi connectivity index (χ0n) is 11.4. The smallest absolute Gasteiger partial charge is 0.0675 e. The number of nitrogens with zero attached hydrogens (tertiary/aromatic N) is 2. The summed E-state index contributed by atoms with van der Waals surface area (Å²) in [6.45, 7) is 10.0. The van der Waals surface area contributed by atoms with Gasteiger partial charge >= 0.3 is 0 Å². The van der Waals surface area contributed by atoms with Crippen LogP contribution in [0.2, 0.25) is 0 Å². The zero-order chi connectivity index (χ0) is 13.5. The minimum Gasteiger partial charge on any atom is -0.342 e. The lowest BCUT2D eigenvalue weighted by atomic mass is 10.2. The van der Waals surface area contributed by atoms with Crippen LogP contribution in [0.4, 0.5) is 0 Å². The third-order valence-corrected chi connectivity index (χ3v) is 2.72. The summed E-state index contributed by atoms with van der Waals surface area (Å²) in [6.07, 6.45) is 3.75. The van der Waals surface area contributed by atoms with Gasteiger partial charge in [-0.05, 0) is 12.1 Å². The van der Waals surface area contributed by atoms with Crippen LogP contribution in [0.3, 0.4) is 0 Å². The predicted molar refractivity (Wildman–Crippen MR) is 80.8 cm³/mol. The van der Waals surface area contributed by atoms with Crippen LogP contribution >= 0.6 is 0 Å². The fourth-order valence-corrected chi connectivity index (χ4v) is 2.00. The van der Waals surface area contributed by atoms with Crippen LogP contribution < -0.4 is 0 Å². The van der Waals surface area contributed by atoms with Crippen LogP contribution in [0.25, 0.3) is 21.8 Å². The van der Waals surface area contributed by atoms with Gasteiger partial charge in [0.1, 0.15) is 0 Å². The van der Waals surface area contributed by atoms with Gasteiger partial charge in [0.15, 0.2) is 0 Å². The summed E-state index contributed by atoms with van der Waals surface area (Å²) >= 11 is 0. The van der Waals surface area contributed by atoms with Crippen LogP contribution in [0, 0.1) is 0 Å². The summed E-state index contributed by atoms with van der Waals surface area (Å²) in [7, 11) is 2.08. The number of aromatic nitrogens is 2. The molecular formula is C16H20N2. The monoisotopic (exact) mass is 240 g/mol. The van der Waals surface area contributed by atoms with Gasteiger partial charge in [0, 0.05) is 29.5 Å². The van der Waals surface area contributed by atoms with Gasteiger partial charge < -0.3 is 4.57 Å². The van der Waals surface area contributed by atoms with Crippen molar-refractivity contribution in [3.8, 4) is 0 Å². The Balaban J connectivity index is 0.000000371. The molecule has 0 aliphatic rings. The number of rotatable bonds is 0. The molecule has 0 radical (unpaired) electrons. The largest absolute Gasteiger partial charge is 0.342 e. The van der Waals surface area contributed by atoms with Crippen LogP contribution in [-0.4, -0.2) is 9.55 Å². The number of fused-ring (bicyclic) bond motifs is 3. The average molecular weight is 240 g/mol. The Hall–Kier alpha value is -2.09. The standard InChI is InChI=1S/C12H10N2.C2H6.C2H4/c1-14-11-5-3-2-4-9(11)10-6-7-13-8-12(10)14;2*1-2/h2-8H,1H3;1-2H3;1-2H2. The Morgan fingerprint density at radius 1 is 0.944 bits per heavy atom. The quantitative estimate of drug-likeness (QED) is 0.527. The highest BCUT2D eigenvalue weighted by molar-refractivity contribution is 6.07. The maximum Gasteiger partial charge on any atom is 0.0675 e. The lowest BCUT2D eigenvalue weighted by Gasteiger charge is -1.95. The molecule has 0 saturated heterocycles. The van der Waals surface area contributed by atoms with E-state index in [4.69, 9.17) is 0 Å². The molecule has 0 unspecified atom stereocenters. The molecule has 0 spiro atoms. The summed E-state index contributed by atoms with van der Waals surface area (Å²) in [5.41, 5.74) is 2.45. The number of hydrogen-bond donors (Lipinski definition) is 0. The summed E-state index contributed by atoms with van der Waals surface area (Å²) < 4.78 is 2.18. The molecule has 0 saturated carbocycles. The molecule has 18 heavy (non-hydrogen) atoms. The fraction of sp³-hybridized carbons (Fsp3) is 0.188. The Bertz CT molecular complexity index is 570. The van der Waals surface area contributed by atoms with Gasteiger partial charge in [-0.2, -0.15) is 0 Å². The minimum atomic E-state index is 1.19. The van der Waals surface area contributed by atoms with Crippen molar-refractivity contribution in [3.05, 3.63) is 55.9 Å². The third-order valence-electron chi connectivity index (χ3n) is 2.72. The van der Waals surface area contributed by atoms with E-state index in [1.807, 2.05) is 26.2 Å². The van der Waals surface area contributed by atoms with Crippen molar-refractivity contribution >= 4 is 21.8 Å². The van der Waals surface area contributed by atoms with Gasteiger partial charge in [-0.25, -0.2) is 0 Å². The molecule has 0 aliphatic carbocycles. The van der Waals surface area contributed by atoms with Gasteiger partial charge in [-0.3, -0.25) is 4.98 Å². The summed E-state index contributed by atoms with van der Waals surface area (Å²) in [4.78, 5) is 4.15. The van der Waals surface area contributed by atoms with Crippen molar-refractivity contribution in [2.75, 3.05) is 0 Å². The first-order valence-corrected chi connectivity index (χ1v) is 6.15. The van der Waals surface area contributed by atoms with E-state index in [1.165, 1.54) is 21.8 Å². The van der Waals surface area contributed by atoms with E-state index in [9.17, 15) is 0 Å². The van der Waals surface area contributed by atoms with Gasteiger partial charge in [0.25, 0.3) is 0 Å². The molecule has 0 aliphatic heterocycles. The molecule has 1 aromatic carbocycles. The van der Waals surface area contributed by atoms with E-state index in [-0.39, 0.29) is 0 Å². The summed E-state index contributed by atoms with van der Waals surface area (Å²) in [6, 6.07) is 10.5. The molecule has 2 heterocycles. The zero-order valence-corrected chi connectivity index (χ0v) is 11.4. The second kappa shape index (κ2) is 6.60. The van der Waals surface area contributed by atoms with Gasteiger partial charge in [-0.15, -0.1) is 13.2 Å². The van der Waals surface area contributed by atoms with Gasteiger partial charge in [0.05, 0.1) is 11.7 Å². The predicted octanol–water partition coefficient (Wildman–Crippen LogP) is 4.55. The molecule has 0 N–H and O–H groups in total. The Morgan fingerprint density at radius 2 is 1.56 bits per heavy atom. The second-order valence-electron chi connectivity index (χ2n) is 3.47. The van der Waals surface area contributed by atoms with Crippen molar-refractivity contribution in [2.45, 2.75) is 13.8 Å². The summed E-state index contributed by atoms with van der Waals surface area (Å²) in [5.74, 6) is 0. The average Bonchev–Trinajstić information content (AvgIpc) is 2.78. The lowest BCUT2D eigenvalue weighted by molar-refractivity contribution is 1.01. The van der Waals surface area contributed by atoms with Gasteiger partial charge in [0.2, 0.25) is 0 Å². The fourth-order valence-electron chi connectivity index (χ4n) is 2.00. The molecular weight excluding hydrogens is 220 g/mol. The Labute approximate surface area is 109 Å². The number of pyridine rings is 1. The van der Waals surface area contributed by atoms with Crippen molar-refractivity contribution in [1.82, 2.24) is 9.55 Å². The Kier molecular flexibility index (Phi) is 5.12. The van der Waals surface area contributed by atoms with Crippen LogP contribution in [0.1, 0.15) is 13.8 Å². The highest BCUT2D eigenvalue weighted by Crippen LogP contribution is 2.26. The lowest BCUT2D eigenvalue weighted by Crippen LogP contribution is -1.85. The minimum absolute atomic E-state index is 1.19. The van der Waals surface area contributed by atoms with Gasteiger partial charge in [-0.1, -0.05) is 32.0 Å². The van der Waals surface area contributed by atoms with Crippen molar-refractivity contribution < 1.29 is 0 Å². The molecule has 0 amide bonds. The second-order valence-corrected chi connectivity index (χ2v) is 3.47. The number of para-hydroxylation sites is 1. The number of hydrogen-bond acceptors (Lipinski definition) is 1. The molecule has 0 atom stereocenters. The highest BCUT2D eigenvalue weighted by atomic mass is 14.9. The van der Waals surface area contributed by atoms with Crippen LogP contribution in [0.15, 0.2) is 55.9 Å². The molecule has 94 valence electrons. The first-order valence-electron chi connectivity index (χ1n) is 6.15. The first kappa shape index (κ1) is 14.0. The normalized spacial score (nSPS) is 9.28. The topological polar surface area (TPSA) is 17.8 Å². The van der Waals surface area contributed by atoms with Crippen molar-refractivity contribution in [2.24, 2.45) is 7.05 Å². The SMILES string of the molecule is C=C.CC.Cn1c2ccccc2c2ccncc21. The van der Waals surface area contributed by atoms with E-state index >= 15 is 0 Å². The van der Waals surface area contributed by atoms with Crippen molar-refractivity contribution in [1.29, 1.82) is 0 Å². The van der Waals surface area contributed by atoms with E-state index in [1.54, 1.807) is 0 Å². The van der Waals surface area contributed by atoms with Crippen LogP contribution in [0.5, 0.6) is 0 Å². The maximum absolute atomic E-state index is 4.15. The Morgan fingerprint density at radius 3 is 2.28 bits per heavy atom. The van der Waals surface area contributed by atoms with E-state index in [0.29, 0.717) is 0 Å². The van der Waals surface area contributed by atoms with E-state index < -0.39 is 0 Å².